The molecule has 0 spiro atoms. The van der Waals surface area contributed by atoms with Gasteiger partial charge in [0.1, 0.15) is 6.54 Å². The molecule has 31 heavy (non-hydrogen) atoms. The van der Waals surface area contributed by atoms with Gasteiger partial charge in [-0.15, -0.1) is 0 Å². The molecule has 0 bridgehead atoms. The van der Waals surface area contributed by atoms with Crippen molar-refractivity contribution in [1.82, 2.24) is 0 Å². The number of halogens is 6. The van der Waals surface area contributed by atoms with Crippen molar-refractivity contribution in [3.8, 4) is 0 Å². The van der Waals surface area contributed by atoms with Gasteiger partial charge in [0.2, 0.25) is 5.91 Å². The Morgan fingerprint density at radius 3 is 2.23 bits per heavy atom. The second-order valence-corrected chi connectivity index (χ2v) is 6.83. The minimum absolute atomic E-state index is 0.137. The summed E-state index contributed by atoms with van der Waals surface area (Å²) in [5.41, 5.74) is -0.795. The number of aryl methyl sites for hydroxylation is 1. The smallest absolute Gasteiger partial charge is 0.363 e. The van der Waals surface area contributed by atoms with Crippen molar-refractivity contribution >= 4 is 23.0 Å². The van der Waals surface area contributed by atoms with Crippen LogP contribution >= 0.6 is 0 Å². The molecule has 0 aliphatic heterocycles. The monoisotopic (exact) mass is 443 g/mol. The summed E-state index contributed by atoms with van der Waals surface area (Å²) in [6, 6.07) is 9.30. The highest BCUT2D eigenvalue weighted by atomic mass is 19.4. The molecular weight excluding hydrogens is 424 g/mol. The van der Waals surface area contributed by atoms with Crippen LogP contribution in [-0.4, -0.2) is 25.2 Å². The molecule has 0 heterocycles. The molecule has 0 aromatic heterocycles. The van der Waals surface area contributed by atoms with E-state index in [1.54, 1.807) is 24.3 Å². The molecule has 0 saturated heterocycles. The predicted molar refractivity (Wildman–Crippen MR) is 105 cm³/mol. The fraction of sp³-hybridized carbons (Fsp3) is 0.333. The van der Waals surface area contributed by atoms with Gasteiger partial charge in [0.25, 0.3) is 0 Å². The van der Waals surface area contributed by atoms with Crippen LogP contribution in [0.1, 0.15) is 24.5 Å². The molecule has 2 rings (SSSR count). The van der Waals surface area contributed by atoms with E-state index >= 15 is 0 Å². The number of benzene rings is 2. The number of nitrogens with one attached hydrogen (secondary N) is 1. The third-order valence-corrected chi connectivity index (χ3v) is 4.31. The fourth-order valence-electron chi connectivity index (χ4n) is 2.99. The average Bonchev–Trinajstić information content (AvgIpc) is 2.66. The highest BCUT2D eigenvalue weighted by Crippen LogP contribution is 2.39. The molecule has 0 saturated carbocycles. The van der Waals surface area contributed by atoms with Crippen LogP contribution in [0.4, 0.5) is 43.4 Å². The van der Waals surface area contributed by atoms with Crippen LogP contribution in [-0.2, 0) is 17.4 Å². The Hall–Kier alpha value is -3.22. The van der Waals surface area contributed by atoms with Gasteiger partial charge in [0.05, 0.1) is 12.1 Å². The van der Waals surface area contributed by atoms with Crippen LogP contribution in [0.25, 0.3) is 4.85 Å². The first kappa shape index (κ1) is 24.1. The van der Waals surface area contributed by atoms with Crippen molar-refractivity contribution in [2.24, 2.45) is 0 Å². The van der Waals surface area contributed by atoms with Crippen LogP contribution in [0, 0.1) is 6.57 Å². The molecule has 2 aromatic rings. The Morgan fingerprint density at radius 1 is 1.06 bits per heavy atom. The highest BCUT2D eigenvalue weighted by Gasteiger charge is 2.35. The van der Waals surface area contributed by atoms with Crippen molar-refractivity contribution in [3.63, 3.8) is 0 Å². The fourth-order valence-corrected chi connectivity index (χ4v) is 2.99. The van der Waals surface area contributed by atoms with Gasteiger partial charge < -0.3 is 10.2 Å². The Balaban J connectivity index is 2.16. The first-order valence-corrected chi connectivity index (χ1v) is 9.16. The molecule has 0 fully saturated rings. The zero-order valence-electron chi connectivity index (χ0n) is 16.4. The number of hydrogen-bond acceptors (Lipinski definition) is 2. The number of amides is 1. The average molecular weight is 443 g/mol. The number of alkyl halides is 6. The molecule has 2 aromatic carbocycles. The molecule has 0 unspecified atom stereocenters. The van der Waals surface area contributed by atoms with Gasteiger partial charge >= 0.3 is 12.4 Å². The largest absolute Gasteiger partial charge is 0.407 e. The lowest BCUT2D eigenvalue weighted by Crippen LogP contribution is -2.35. The van der Waals surface area contributed by atoms with E-state index in [0.29, 0.717) is 18.2 Å². The van der Waals surface area contributed by atoms with E-state index in [1.165, 1.54) is 6.92 Å². The van der Waals surface area contributed by atoms with Gasteiger partial charge in [-0.3, -0.25) is 4.79 Å². The van der Waals surface area contributed by atoms with Crippen molar-refractivity contribution < 1.29 is 31.1 Å². The lowest BCUT2D eigenvalue weighted by molar-refractivity contribution is -0.136. The molecule has 4 nitrogen and oxygen atoms in total. The zero-order valence-corrected chi connectivity index (χ0v) is 16.4. The third-order valence-electron chi connectivity index (χ3n) is 4.31. The summed E-state index contributed by atoms with van der Waals surface area (Å²) < 4.78 is 78.6. The summed E-state index contributed by atoms with van der Waals surface area (Å²) >= 11 is 0. The van der Waals surface area contributed by atoms with Gasteiger partial charge in [-0.05, 0) is 42.7 Å². The molecule has 10 heteroatoms. The lowest BCUT2D eigenvalue weighted by atomic mass is 10.1. The van der Waals surface area contributed by atoms with Crippen molar-refractivity contribution in [2.75, 3.05) is 23.3 Å². The first-order valence-electron chi connectivity index (χ1n) is 9.16. The van der Waals surface area contributed by atoms with E-state index in [-0.39, 0.29) is 24.6 Å². The van der Waals surface area contributed by atoms with Crippen molar-refractivity contribution in [3.05, 3.63) is 65.0 Å². The SMILES string of the molecule is [C-]#[N+]c1ccc(N(CCCc2ccc(NC(C)=O)cc2)CC(F)(F)F)cc1C(F)(F)F. The minimum atomic E-state index is -4.85. The maximum atomic E-state index is 13.2. The van der Waals surface area contributed by atoms with Crippen LogP contribution in [0.2, 0.25) is 0 Å². The normalized spacial score (nSPS) is 11.7. The van der Waals surface area contributed by atoms with Gasteiger partial charge in [0, 0.05) is 24.8 Å². The summed E-state index contributed by atoms with van der Waals surface area (Å²) in [6.45, 7) is 6.66. The second-order valence-electron chi connectivity index (χ2n) is 6.83. The third kappa shape index (κ3) is 7.51. The standard InChI is InChI=1S/C21H19F6N3O/c1-14(31)29-16-7-5-15(6-8-16)4-3-11-30(13-20(22,23)24)17-9-10-19(28-2)18(12-17)21(25,26)27/h5-10,12H,3-4,11,13H2,1H3,(H,29,31). The number of anilines is 2. The van der Waals surface area contributed by atoms with Gasteiger partial charge in [-0.25, -0.2) is 4.85 Å². The minimum Gasteiger partial charge on any atom is -0.363 e. The number of carbonyl (C=O) groups excluding carboxylic acids is 1. The molecule has 0 radical (unpaired) electrons. The molecule has 1 amide bonds. The van der Waals surface area contributed by atoms with E-state index in [4.69, 9.17) is 6.57 Å². The van der Waals surface area contributed by atoms with E-state index in [2.05, 4.69) is 10.2 Å². The molecule has 0 atom stereocenters. The maximum Gasteiger partial charge on any atom is 0.407 e. The van der Waals surface area contributed by atoms with Crippen LogP contribution in [0.3, 0.4) is 0 Å². The zero-order chi connectivity index (χ0) is 23.2. The first-order chi connectivity index (χ1) is 14.4. The highest BCUT2D eigenvalue weighted by molar-refractivity contribution is 5.88. The molecule has 0 aliphatic rings. The lowest BCUT2D eigenvalue weighted by Gasteiger charge is -2.27. The maximum absolute atomic E-state index is 13.2. The summed E-state index contributed by atoms with van der Waals surface area (Å²) in [7, 11) is 0. The Morgan fingerprint density at radius 2 is 1.71 bits per heavy atom. The van der Waals surface area contributed by atoms with Crippen molar-refractivity contribution in [1.29, 1.82) is 0 Å². The van der Waals surface area contributed by atoms with Gasteiger partial charge in [0.15, 0.2) is 5.69 Å². The summed E-state index contributed by atoms with van der Waals surface area (Å²) in [4.78, 5) is 14.7. The van der Waals surface area contributed by atoms with Crippen LogP contribution in [0.5, 0.6) is 0 Å². The van der Waals surface area contributed by atoms with E-state index in [0.717, 1.165) is 22.6 Å². The Labute approximate surface area is 175 Å². The van der Waals surface area contributed by atoms with E-state index in [9.17, 15) is 31.1 Å². The molecule has 166 valence electrons. The molecule has 0 aliphatic carbocycles. The van der Waals surface area contributed by atoms with Gasteiger partial charge in [-0.1, -0.05) is 18.2 Å². The van der Waals surface area contributed by atoms with Crippen LogP contribution < -0.4 is 10.2 Å². The topological polar surface area (TPSA) is 36.7 Å². The second kappa shape index (κ2) is 9.73. The van der Waals surface area contributed by atoms with E-state index in [1.807, 2.05) is 0 Å². The number of hydrogen-bond donors (Lipinski definition) is 1. The quantitative estimate of drug-likeness (QED) is 0.408. The molecule has 1 N–H and O–H groups in total. The number of rotatable bonds is 7. The summed E-state index contributed by atoms with van der Waals surface area (Å²) in [5, 5.41) is 2.60. The summed E-state index contributed by atoms with van der Waals surface area (Å²) in [6.07, 6.45) is -8.82. The number of carbonyl (C=O) groups is 1. The molecular formula is C21H19F6N3O. The Bertz CT molecular complexity index is 946. The summed E-state index contributed by atoms with van der Waals surface area (Å²) in [5.74, 6) is -0.238. The van der Waals surface area contributed by atoms with Crippen molar-refractivity contribution in [2.45, 2.75) is 32.1 Å². The predicted octanol–water partition coefficient (Wildman–Crippen LogP) is 6.22. The van der Waals surface area contributed by atoms with Gasteiger partial charge in [-0.2, -0.15) is 26.3 Å². The van der Waals surface area contributed by atoms with E-state index < -0.39 is 30.1 Å². The Kier molecular flexibility index (Phi) is 7.55. The number of nitrogens with zero attached hydrogens (tertiary/aromatic N) is 2. The van der Waals surface area contributed by atoms with Crippen LogP contribution in [0.15, 0.2) is 42.5 Å².